The van der Waals surface area contributed by atoms with Gasteiger partial charge in [0, 0.05) is 29.7 Å². The first kappa shape index (κ1) is 20.1. The molecule has 152 valence electrons. The molecule has 13 heteroatoms. The molecule has 0 aliphatic carbocycles. The third kappa shape index (κ3) is 3.68. The van der Waals surface area contributed by atoms with Crippen LogP contribution in [-0.2, 0) is 19.6 Å². The molecule has 1 saturated heterocycles. The number of nitrogens with zero attached hydrogens (tertiary/aromatic N) is 1. The van der Waals surface area contributed by atoms with Crippen LogP contribution in [0.4, 0.5) is 18.9 Å². The van der Waals surface area contributed by atoms with Gasteiger partial charge in [0.2, 0.25) is 10.0 Å². The molecule has 1 aliphatic heterocycles. The van der Waals surface area contributed by atoms with Crippen LogP contribution in [0.25, 0.3) is 10.9 Å². The summed E-state index contributed by atoms with van der Waals surface area (Å²) < 4.78 is 69.7. The van der Waals surface area contributed by atoms with Gasteiger partial charge in [0.15, 0.2) is 0 Å². The number of primary amides is 1. The van der Waals surface area contributed by atoms with Crippen molar-refractivity contribution in [2.45, 2.75) is 11.1 Å². The summed E-state index contributed by atoms with van der Waals surface area (Å²) in [7, 11) is -4.21. The molecule has 0 saturated carbocycles. The average Bonchev–Trinajstić information content (AvgIpc) is 3.01. The molecule has 2 amide bonds. The van der Waals surface area contributed by atoms with Crippen LogP contribution in [0.3, 0.4) is 0 Å². The number of fused-ring (bicyclic) bond motifs is 1. The first-order valence-corrected chi connectivity index (χ1v) is 9.37. The number of hydrogen-bond acceptors (Lipinski definition) is 5. The molecule has 3 rings (SSSR count). The van der Waals surface area contributed by atoms with Gasteiger partial charge >= 0.3 is 12.1 Å². The van der Waals surface area contributed by atoms with E-state index in [2.05, 4.69) is 4.98 Å². The lowest BCUT2D eigenvalue weighted by atomic mass is 10.2. The predicted molar refractivity (Wildman–Crippen MR) is 91.1 cm³/mol. The summed E-state index contributed by atoms with van der Waals surface area (Å²) in [5.74, 6) is -3.26. The van der Waals surface area contributed by atoms with Gasteiger partial charge in [-0.05, 0) is 18.2 Å². The normalized spacial score (nSPS) is 16.2. The fraction of sp³-hybridized carbons (Fsp3) is 0.333. The molecule has 28 heavy (non-hydrogen) atoms. The SMILES string of the molecule is NC(=O)c1[nH]c2ccc(NC(=O)C(F)(F)F)cc2c1S(=O)(=O)N1CCOCC1. The molecule has 0 bridgehead atoms. The number of anilines is 1. The number of carbonyl (C=O) groups excluding carboxylic acids is 2. The minimum absolute atomic E-state index is 0.0394. The van der Waals surface area contributed by atoms with Gasteiger partial charge in [-0.15, -0.1) is 0 Å². The molecule has 1 aromatic heterocycles. The topological polar surface area (TPSA) is 135 Å². The molecule has 1 fully saturated rings. The van der Waals surface area contributed by atoms with E-state index in [0.29, 0.717) is 0 Å². The molecule has 4 N–H and O–H groups in total. The Morgan fingerprint density at radius 2 is 1.86 bits per heavy atom. The first-order valence-electron chi connectivity index (χ1n) is 7.93. The Balaban J connectivity index is 2.13. The fourth-order valence-corrected chi connectivity index (χ4v) is 4.55. The number of nitrogens with two attached hydrogens (primary N) is 1. The van der Waals surface area contributed by atoms with Gasteiger partial charge in [-0.3, -0.25) is 9.59 Å². The zero-order chi connectivity index (χ0) is 20.7. The molecule has 0 spiro atoms. The lowest BCUT2D eigenvalue weighted by Crippen LogP contribution is -2.41. The summed E-state index contributed by atoms with van der Waals surface area (Å²) in [6.45, 7) is 0.385. The molecule has 1 aliphatic rings. The zero-order valence-corrected chi connectivity index (χ0v) is 15.0. The minimum Gasteiger partial charge on any atom is -0.379 e. The highest BCUT2D eigenvalue weighted by atomic mass is 32.2. The largest absolute Gasteiger partial charge is 0.471 e. The van der Waals surface area contributed by atoms with Crippen molar-refractivity contribution in [1.29, 1.82) is 0 Å². The Bertz CT molecular complexity index is 1040. The lowest BCUT2D eigenvalue weighted by Gasteiger charge is -2.26. The van der Waals surface area contributed by atoms with Crippen LogP contribution in [0.2, 0.25) is 0 Å². The molecule has 0 unspecified atom stereocenters. The number of nitrogens with one attached hydrogen (secondary N) is 2. The second-order valence-corrected chi connectivity index (χ2v) is 7.80. The molecule has 0 atom stereocenters. The maximum absolute atomic E-state index is 13.1. The number of sulfonamides is 1. The number of alkyl halides is 3. The maximum atomic E-state index is 13.1. The first-order chi connectivity index (χ1) is 13.0. The lowest BCUT2D eigenvalue weighted by molar-refractivity contribution is -0.167. The number of carbonyl (C=O) groups is 2. The quantitative estimate of drug-likeness (QED) is 0.672. The van der Waals surface area contributed by atoms with Crippen LogP contribution in [0, 0.1) is 0 Å². The number of morpholine rings is 1. The van der Waals surface area contributed by atoms with Gasteiger partial charge < -0.3 is 20.8 Å². The monoisotopic (exact) mass is 420 g/mol. The number of H-pyrrole nitrogens is 1. The summed E-state index contributed by atoms with van der Waals surface area (Å²) in [6, 6.07) is 3.42. The van der Waals surface area contributed by atoms with Crippen molar-refractivity contribution in [3.63, 3.8) is 0 Å². The highest BCUT2D eigenvalue weighted by Gasteiger charge is 2.39. The van der Waals surface area contributed by atoms with Gasteiger partial charge in [-0.2, -0.15) is 17.5 Å². The molecule has 0 radical (unpaired) electrons. The van der Waals surface area contributed by atoms with Crippen LogP contribution in [0.15, 0.2) is 23.1 Å². The highest BCUT2D eigenvalue weighted by molar-refractivity contribution is 7.89. The summed E-state index contributed by atoms with van der Waals surface area (Å²) in [5, 5.41) is 1.58. The van der Waals surface area contributed by atoms with Gasteiger partial charge in [0.25, 0.3) is 5.91 Å². The van der Waals surface area contributed by atoms with E-state index in [-0.39, 0.29) is 42.9 Å². The van der Waals surface area contributed by atoms with Gasteiger partial charge in [0.1, 0.15) is 10.6 Å². The van der Waals surface area contributed by atoms with E-state index < -0.39 is 38.6 Å². The summed E-state index contributed by atoms with van der Waals surface area (Å²) >= 11 is 0. The van der Waals surface area contributed by atoms with Crippen molar-refractivity contribution in [2.24, 2.45) is 5.73 Å². The standard InChI is InChI=1S/C15H15F3N4O5S/c16-15(17,18)14(24)20-8-1-2-10-9(7-8)12(11(21-10)13(19)23)28(25,26)22-3-5-27-6-4-22/h1-2,7,21H,3-6H2,(H2,19,23)(H,20,24). The van der Waals surface area contributed by atoms with Crippen molar-refractivity contribution in [3.05, 3.63) is 23.9 Å². The van der Waals surface area contributed by atoms with Gasteiger partial charge in [-0.1, -0.05) is 0 Å². The minimum atomic E-state index is -5.12. The maximum Gasteiger partial charge on any atom is 0.471 e. The summed E-state index contributed by atoms with van der Waals surface area (Å²) in [4.78, 5) is 25.0. The molecular formula is C15H15F3N4O5S. The van der Waals surface area contributed by atoms with E-state index >= 15 is 0 Å². The van der Waals surface area contributed by atoms with Crippen LogP contribution in [-0.4, -0.2) is 62.0 Å². The summed E-state index contributed by atoms with van der Waals surface area (Å²) in [6.07, 6.45) is -5.12. The summed E-state index contributed by atoms with van der Waals surface area (Å²) in [5.41, 5.74) is 4.75. The molecule has 2 heterocycles. The van der Waals surface area contributed by atoms with E-state index in [9.17, 15) is 31.2 Å². The Morgan fingerprint density at radius 3 is 2.43 bits per heavy atom. The Labute approximate surface area is 156 Å². The number of halogens is 3. The second-order valence-electron chi connectivity index (χ2n) is 5.92. The number of hydrogen-bond donors (Lipinski definition) is 3. The van der Waals surface area contributed by atoms with E-state index in [0.717, 1.165) is 16.4 Å². The second kappa shape index (κ2) is 7.07. The molecular weight excluding hydrogens is 405 g/mol. The van der Waals surface area contributed by atoms with Gasteiger partial charge in [0.05, 0.1) is 13.2 Å². The van der Waals surface area contributed by atoms with Crippen molar-refractivity contribution in [1.82, 2.24) is 9.29 Å². The Hall–Kier alpha value is -2.64. The van der Waals surface area contributed by atoms with E-state index in [1.54, 1.807) is 5.32 Å². The number of aromatic nitrogens is 1. The van der Waals surface area contributed by atoms with E-state index in [1.165, 1.54) is 6.07 Å². The van der Waals surface area contributed by atoms with Crippen molar-refractivity contribution in [3.8, 4) is 0 Å². The van der Waals surface area contributed by atoms with Crippen LogP contribution in [0.1, 0.15) is 10.5 Å². The number of rotatable bonds is 4. The smallest absolute Gasteiger partial charge is 0.379 e. The van der Waals surface area contributed by atoms with Gasteiger partial charge in [-0.25, -0.2) is 8.42 Å². The number of benzene rings is 1. The zero-order valence-electron chi connectivity index (χ0n) is 14.2. The van der Waals surface area contributed by atoms with E-state index in [1.807, 2.05) is 0 Å². The molecule has 1 aromatic carbocycles. The van der Waals surface area contributed by atoms with Crippen LogP contribution in [0.5, 0.6) is 0 Å². The Morgan fingerprint density at radius 1 is 1.21 bits per heavy atom. The van der Waals surface area contributed by atoms with Crippen molar-refractivity contribution in [2.75, 3.05) is 31.6 Å². The van der Waals surface area contributed by atoms with Crippen LogP contribution >= 0.6 is 0 Å². The van der Waals surface area contributed by atoms with Crippen molar-refractivity contribution >= 4 is 38.4 Å². The number of aromatic amines is 1. The van der Waals surface area contributed by atoms with E-state index in [4.69, 9.17) is 10.5 Å². The number of amides is 2. The third-order valence-electron chi connectivity index (χ3n) is 4.08. The Kier molecular flexibility index (Phi) is 5.08. The van der Waals surface area contributed by atoms with Crippen LogP contribution < -0.4 is 11.1 Å². The third-order valence-corrected chi connectivity index (χ3v) is 6.07. The average molecular weight is 420 g/mol. The molecule has 2 aromatic rings. The van der Waals surface area contributed by atoms with Crippen molar-refractivity contribution < 1.29 is 35.9 Å². The fourth-order valence-electron chi connectivity index (χ4n) is 2.80. The predicted octanol–water partition coefficient (Wildman–Crippen LogP) is 0.788. The highest BCUT2D eigenvalue weighted by Crippen LogP contribution is 2.32. The number of ether oxygens (including phenoxy) is 1. The molecule has 9 nitrogen and oxygen atoms in total.